The highest BCUT2D eigenvalue weighted by Crippen LogP contribution is 2.33. The van der Waals surface area contributed by atoms with E-state index in [1.54, 1.807) is 11.4 Å². The quantitative estimate of drug-likeness (QED) is 0.929. The molecule has 3 nitrogen and oxygen atoms in total. The molecule has 6 heteroatoms. The van der Waals surface area contributed by atoms with Crippen LogP contribution in [0.5, 0.6) is 0 Å². The third-order valence-electron chi connectivity index (χ3n) is 2.24. The van der Waals surface area contributed by atoms with Gasteiger partial charge in [0.05, 0.1) is 0 Å². The Morgan fingerprint density at radius 1 is 1.64 bits per heavy atom. The van der Waals surface area contributed by atoms with E-state index in [-0.39, 0.29) is 6.04 Å². The fraction of sp³-hybridized carbons (Fsp3) is 0.500. The minimum Gasteiger partial charge on any atom is -0.207 e. The van der Waals surface area contributed by atoms with Crippen molar-refractivity contribution in [3.8, 4) is 0 Å². The number of nitrogens with one attached hydrogen (secondary N) is 1. The molecule has 1 heterocycles. The molecule has 1 aromatic heterocycles. The highest BCUT2D eigenvalue weighted by atomic mass is 79.9. The summed E-state index contributed by atoms with van der Waals surface area (Å²) in [4.78, 5) is 0. The summed E-state index contributed by atoms with van der Waals surface area (Å²) in [5, 5.41) is 1.76. The lowest BCUT2D eigenvalue weighted by Gasteiger charge is -2.03. The number of rotatable bonds is 3. The average Bonchev–Trinajstić information content (AvgIpc) is 2.62. The SMILES string of the molecule is CC1CC1NS(=O)(=O)c1sccc1Br. The number of halogens is 1. The predicted octanol–water partition coefficient (Wildman–Crippen LogP) is 2.20. The number of hydrogen-bond acceptors (Lipinski definition) is 3. The maximum atomic E-state index is 11.8. The van der Waals surface area contributed by atoms with Crippen molar-refractivity contribution in [3.05, 3.63) is 15.9 Å². The van der Waals surface area contributed by atoms with Crippen LogP contribution in [-0.2, 0) is 10.0 Å². The molecule has 2 unspecified atom stereocenters. The second-order valence-electron chi connectivity index (χ2n) is 3.50. The summed E-state index contributed by atoms with van der Waals surface area (Å²) in [5.74, 6) is 0.475. The first kappa shape index (κ1) is 10.6. The molecular weight excluding hydrogens is 286 g/mol. The van der Waals surface area contributed by atoms with Gasteiger partial charge in [0.1, 0.15) is 4.21 Å². The molecule has 0 spiro atoms. The minimum atomic E-state index is -3.30. The topological polar surface area (TPSA) is 46.2 Å². The fourth-order valence-electron chi connectivity index (χ4n) is 1.21. The van der Waals surface area contributed by atoms with Gasteiger partial charge in [-0.05, 0) is 39.7 Å². The zero-order valence-electron chi connectivity index (χ0n) is 7.53. The molecule has 0 aromatic carbocycles. The molecule has 0 radical (unpaired) electrons. The van der Waals surface area contributed by atoms with Crippen LogP contribution in [0.15, 0.2) is 20.1 Å². The largest absolute Gasteiger partial charge is 0.251 e. The van der Waals surface area contributed by atoms with Crippen LogP contribution < -0.4 is 4.72 Å². The van der Waals surface area contributed by atoms with Crippen molar-refractivity contribution in [2.24, 2.45) is 5.92 Å². The van der Waals surface area contributed by atoms with E-state index >= 15 is 0 Å². The van der Waals surface area contributed by atoms with E-state index in [1.165, 1.54) is 11.3 Å². The van der Waals surface area contributed by atoms with Crippen molar-refractivity contribution in [3.63, 3.8) is 0 Å². The van der Waals surface area contributed by atoms with Crippen LogP contribution in [-0.4, -0.2) is 14.5 Å². The number of sulfonamides is 1. The highest BCUT2D eigenvalue weighted by molar-refractivity contribution is 9.10. The molecule has 0 bridgehead atoms. The molecule has 2 atom stereocenters. The van der Waals surface area contributed by atoms with Crippen LogP contribution in [0.1, 0.15) is 13.3 Å². The molecule has 14 heavy (non-hydrogen) atoms. The molecule has 1 aliphatic carbocycles. The Balaban J connectivity index is 2.20. The van der Waals surface area contributed by atoms with Gasteiger partial charge in [-0.25, -0.2) is 13.1 Å². The van der Waals surface area contributed by atoms with Crippen molar-refractivity contribution in [1.82, 2.24) is 4.72 Å². The van der Waals surface area contributed by atoms with E-state index in [0.29, 0.717) is 14.6 Å². The summed E-state index contributed by atoms with van der Waals surface area (Å²) in [7, 11) is -3.30. The van der Waals surface area contributed by atoms with Gasteiger partial charge >= 0.3 is 0 Å². The van der Waals surface area contributed by atoms with E-state index < -0.39 is 10.0 Å². The van der Waals surface area contributed by atoms with E-state index in [2.05, 4.69) is 20.7 Å². The van der Waals surface area contributed by atoms with Gasteiger partial charge in [-0.1, -0.05) is 6.92 Å². The maximum Gasteiger partial charge on any atom is 0.251 e. The Labute approximate surface area is 95.7 Å². The van der Waals surface area contributed by atoms with Crippen molar-refractivity contribution in [2.75, 3.05) is 0 Å². The van der Waals surface area contributed by atoms with Crippen molar-refractivity contribution in [2.45, 2.75) is 23.6 Å². The van der Waals surface area contributed by atoms with Crippen LogP contribution in [0, 0.1) is 5.92 Å². The Hall–Kier alpha value is 0.0900. The Kier molecular flexibility index (Phi) is 2.72. The first-order valence-corrected chi connectivity index (χ1v) is 7.41. The first-order valence-electron chi connectivity index (χ1n) is 4.26. The molecule has 1 saturated carbocycles. The second-order valence-corrected chi connectivity index (χ2v) is 7.18. The second kappa shape index (κ2) is 3.59. The molecule has 1 aromatic rings. The van der Waals surface area contributed by atoms with E-state index in [4.69, 9.17) is 0 Å². The Morgan fingerprint density at radius 2 is 2.29 bits per heavy atom. The summed E-state index contributed by atoms with van der Waals surface area (Å²) in [6, 6.07) is 1.88. The fourth-order valence-corrected chi connectivity index (χ4v) is 4.92. The molecule has 0 aliphatic heterocycles. The van der Waals surface area contributed by atoms with Crippen LogP contribution in [0.25, 0.3) is 0 Å². The van der Waals surface area contributed by atoms with Gasteiger partial charge in [0, 0.05) is 10.5 Å². The van der Waals surface area contributed by atoms with E-state index in [0.717, 1.165) is 6.42 Å². The van der Waals surface area contributed by atoms with Crippen LogP contribution >= 0.6 is 27.3 Å². The van der Waals surface area contributed by atoms with Crippen LogP contribution in [0.2, 0.25) is 0 Å². The van der Waals surface area contributed by atoms with Crippen LogP contribution in [0.4, 0.5) is 0 Å². The molecular formula is C8H10BrNO2S2. The highest BCUT2D eigenvalue weighted by Gasteiger charge is 2.37. The van der Waals surface area contributed by atoms with Crippen molar-refractivity contribution >= 4 is 37.3 Å². The minimum absolute atomic E-state index is 0.133. The lowest BCUT2D eigenvalue weighted by atomic mass is 10.5. The third kappa shape index (κ3) is 2.03. The summed E-state index contributed by atoms with van der Waals surface area (Å²) in [5.41, 5.74) is 0. The molecule has 1 N–H and O–H groups in total. The summed E-state index contributed by atoms with van der Waals surface area (Å²) < 4.78 is 27.2. The summed E-state index contributed by atoms with van der Waals surface area (Å²) in [6.07, 6.45) is 0.947. The molecule has 1 fully saturated rings. The van der Waals surface area contributed by atoms with E-state index in [1.807, 2.05) is 6.92 Å². The van der Waals surface area contributed by atoms with Gasteiger partial charge in [0.25, 0.3) is 10.0 Å². The molecule has 0 amide bonds. The standard InChI is InChI=1S/C8H10BrNO2S2/c1-5-4-7(5)10-14(11,12)8-6(9)2-3-13-8/h2-3,5,7,10H,4H2,1H3. The predicted molar refractivity (Wildman–Crippen MR) is 59.9 cm³/mol. The molecule has 1 aliphatic rings. The van der Waals surface area contributed by atoms with Gasteiger partial charge in [-0.2, -0.15) is 0 Å². The average molecular weight is 296 g/mol. The smallest absolute Gasteiger partial charge is 0.207 e. The van der Waals surface area contributed by atoms with E-state index in [9.17, 15) is 8.42 Å². The van der Waals surface area contributed by atoms with Gasteiger partial charge in [-0.3, -0.25) is 0 Å². The number of hydrogen-bond donors (Lipinski definition) is 1. The number of thiophene rings is 1. The van der Waals surface area contributed by atoms with Crippen molar-refractivity contribution in [1.29, 1.82) is 0 Å². The zero-order chi connectivity index (χ0) is 10.3. The van der Waals surface area contributed by atoms with Gasteiger partial charge in [-0.15, -0.1) is 11.3 Å². The normalized spacial score (nSPS) is 26.4. The third-order valence-corrected chi connectivity index (χ3v) is 6.40. The molecule has 2 rings (SSSR count). The molecule has 0 saturated heterocycles. The Bertz CT molecular complexity index is 440. The van der Waals surface area contributed by atoms with Gasteiger partial charge in [0.15, 0.2) is 0 Å². The summed E-state index contributed by atoms with van der Waals surface area (Å²) >= 11 is 4.45. The first-order chi connectivity index (χ1) is 6.50. The zero-order valence-corrected chi connectivity index (χ0v) is 10.7. The van der Waals surface area contributed by atoms with Crippen molar-refractivity contribution < 1.29 is 8.42 Å². The monoisotopic (exact) mass is 295 g/mol. The summed E-state index contributed by atoms with van der Waals surface area (Å²) in [6.45, 7) is 2.04. The Morgan fingerprint density at radius 3 is 2.71 bits per heavy atom. The molecule has 78 valence electrons. The maximum absolute atomic E-state index is 11.8. The lowest BCUT2D eigenvalue weighted by molar-refractivity contribution is 0.580. The van der Waals surface area contributed by atoms with Crippen LogP contribution in [0.3, 0.4) is 0 Å². The lowest BCUT2D eigenvalue weighted by Crippen LogP contribution is -2.26. The van der Waals surface area contributed by atoms with Gasteiger partial charge < -0.3 is 0 Å². The van der Waals surface area contributed by atoms with Gasteiger partial charge in [0.2, 0.25) is 0 Å².